The maximum absolute atomic E-state index is 12.8. The summed E-state index contributed by atoms with van der Waals surface area (Å²) in [6.07, 6.45) is 0. The van der Waals surface area contributed by atoms with Crippen LogP contribution < -0.4 is 15.0 Å². The van der Waals surface area contributed by atoms with Crippen LogP contribution in [0.25, 0.3) is 16.0 Å². The van der Waals surface area contributed by atoms with Crippen LogP contribution in [0.1, 0.15) is 28.1 Å². The number of methoxy groups -OCH3 is 1. The van der Waals surface area contributed by atoms with E-state index in [2.05, 4.69) is 28.9 Å². The third kappa shape index (κ3) is 4.27. The molecule has 4 rings (SSSR count). The number of hydrogen-bond acceptors (Lipinski definition) is 5. The van der Waals surface area contributed by atoms with Crippen LogP contribution in [0.15, 0.2) is 60.7 Å². The van der Waals surface area contributed by atoms with Gasteiger partial charge in [0.2, 0.25) is 5.95 Å². The highest BCUT2D eigenvalue weighted by molar-refractivity contribution is 7.20. The average Bonchev–Trinajstić information content (AvgIpc) is 3.36. The number of hydrogen-bond donors (Lipinski definition) is 1. The van der Waals surface area contributed by atoms with Crippen LogP contribution >= 0.6 is 11.3 Å². The summed E-state index contributed by atoms with van der Waals surface area (Å²) < 4.78 is 7.35. The Morgan fingerprint density at radius 1 is 1.16 bits per heavy atom. The van der Waals surface area contributed by atoms with Gasteiger partial charge in [0, 0.05) is 20.6 Å². The Morgan fingerprint density at radius 2 is 1.87 bits per heavy atom. The first-order chi connectivity index (χ1) is 15.0. The molecule has 2 heterocycles. The molecule has 1 amide bonds. The first-order valence-corrected chi connectivity index (χ1v) is 11.0. The van der Waals surface area contributed by atoms with Crippen molar-refractivity contribution < 1.29 is 9.53 Å². The van der Waals surface area contributed by atoms with Crippen molar-refractivity contribution in [1.29, 1.82) is 0 Å². The van der Waals surface area contributed by atoms with Gasteiger partial charge in [0.05, 0.1) is 17.7 Å². The number of nitrogens with zero attached hydrogens (tertiary/aromatic N) is 3. The maximum atomic E-state index is 12.8. The Balaban J connectivity index is 1.60. The minimum absolute atomic E-state index is 0.0709. The highest BCUT2D eigenvalue weighted by atomic mass is 32.1. The number of aromatic nitrogens is 2. The van der Waals surface area contributed by atoms with Crippen LogP contribution in [0, 0.1) is 0 Å². The molecule has 0 aliphatic carbocycles. The number of amides is 1. The molecule has 2 aromatic heterocycles. The van der Waals surface area contributed by atoms with E-state index < -0.39 is 0 Å². The Labute approximate surface area is 186 Å². The SMILES string of the molecule is COc1ccc(-n2c(N(C)C)nc3cc(C(=O)NC[C@@H](C)c4ccccc4)sc32)cc1. The van der Waals surface area contributed by atoms with Crippen molar-refractivity contribution in [2.24, 2.45) is 0 Å². The van der Waals surface area contributed by atoms with Gasteiger partial charge >= 0.3 is 0 Å². The summed E-state index contributed by atoms with van der Waals surface area (Å²) in [5.74, 6) is 1.78. The second-order valence-corrected chi connectivity index (χ2v) is 8.69. The average molecular weight is 435 g/mol. The summed E-state index contributed by atoms with van der Waals surface area (Å²) in [6, 6.07) is 19.9. The van der Waals surface area contributed by atoms with Crippen LogP contribution in [0.4, 0.5) is 5.95 Å². The van der Waals surface area contributed by atoms with Gasteiger partial charge in [0.25, 0.3) is 5.91 Å². The molecule has 0 bridgehead atoms. The van der Waals surface area contributed by atoms with Gasteiger partial charge in [-0.2, -0.15) is 0 Å². The zero-order valence-electron chi connectivity index (χ0n) is 18.1. The van der Waals surface area contributed by atoms with Gasteiger partial charge in [-0.3, -0.25) is 9.36 Å². The number of fused-ring (bicyclic) bond motifs is 1. The maximum Gasteiger partial charge on any atom is 0.261 e. The van der Waals surface area contributed by atoms with Crippen LogP contribution in [-0.4, -0.2) is 43.2 Å². The minimum Gasteiger partial charge on any atom is -0.497 e. The summed E-state index contributed by atoms with van der Waals surface area (Å²) in [5, 5.41) is 3.07. The van der Waals surface area contributed by atoms with E-state index in [1.54, 1.807) is 7.11 Å². The highest BCUT2D eigenvalue weighted by Gasteiger charge is 2.20. The molecule has 0 fully saturated rings. The number of ether oxygens (including phenoxy) is 1. The fraction of sp³-hybridized carbons (Fsp3) is 0.250. The molecule has 0 saturated heterocycles. The van der Waals surface area contributed by atoms with Crippen molar-refractivity contribution in [2.75, 3.05) is 32.6 Å². The van der Waals surface area contributed by atoms with Crippen molar-refractivity contribution >= 4 is 33.5 Å². The van der Waals surface area contributed by atoms with Crippen LogP contribution in [0.2, 0.25) is 0 Å². The standard InChI is InChI=1S/C24H26N4O2S/c1-16(17-8-6-5-7-9-17)15-25-22(29)21-14-20-23(31-21)28(24(26-20)27(2)3)18-10-12-19(30-4)13-11-18/h5-14,16H,15H2,1-4H3,(H,25,29)/t16-/m1/s1. The first kappa shape index (κ1) is 20.9. The van der Waals surface area contributed by atoms with Crippen molar-refractivity contribution in [2.45, 2.75) is 12.8 Å². The van der Waals surface area contributed by atoms with Crippen molar-refractivity contribution in [3.8, 4) is 11.4 Å². The monoisotopic (exact) mass is 434 g/mol. The van der Waals surface area contributed by atoms with Crippen LogP contribution in [0.5, 0.6) is 5.75 Å². The van der Waals surface area contributed by atoms with Gasteiger partial charge in [-0.05, 0) is 41.8 Å². The quantitative estimate of drug-likeness (QED) is 0.458. The molecule has 2 aromatic carbocycles. The summed E-state index contributed by atoms with van der Waals surface area (Å²) in [5.41, 5.74) is 2.99. The zero-order valence-corrected chi connectivity index (χ0v) is 18.9. The Kier molecular flexibility index (Phi) is 5.95. The van der Waals surface area contributed by atoms with Gasteiger partial charge in [-0.15, -0.1) is 11.3 Å². The van der Waals surface area contributed by atoms with Gasteiger partial charge in [-0.25, -0.2) is 4.98 Å². The number of anilines is 1. The Bertz CT molecular complexity index is 1180. The van der Waals surface area contributed by atoms with Gasteiger partial charge in [-0.1, -0.05) is 37.3 Å². The number of nitrogens with one attached hydrogen (secondary N) is 1. The fourth-order valence-electron chi connectivity index (χ4n) is 3.47. The van der Waals surface area contributed by atoms with E-state index in [4.69, 9.17) is 9.72 Å². The largest absolute Gasteiger partial charge is 0.497 e. The lowest BCUT2D eigenvalue weighted by Crippen LogP contribution is -2.26. The molecular weight excluding hydrogens is 408 g/mol. The van der Waals surface area contributed by atoms with Crippen molar-refractivity contribution in [1.82, 2.24) is 14.9 Å². The fourth-order valence-corrected chi connectivity index (χ4v) is 4.50. The van der Waals surface area contributed by atoms with E-state index in [1.165, 1.54) is 16.9 Å². The van der Waals surface area contributed by atoms with Crippen molar-refractivity contribution in [3.63, 3.8) is 0 Å². The molecule has 1 N–H and O–H groups in total. The molecule has 0 unspecified atom stereocenters. The van der Waals surface area contributed by atoms with E-state index in [9.17, 15) is 4.79 Å². The predicted octanol–water partition coefficient (Wildman–Crippen LogP) is 4.70. The van der Waals surface area contributed by atoms with E-state index in [1.807, 2.05) is 67.5 Å². The number of carbonyl (C=O) groups excluding carboxylic acids is 1. The lowest BCUT2D eigenvalue weighted by atomic mass is 10.0. The summed E-state index contributed by atoms with van der Waals surface area (Å²) in [4.78, 5) is 21.2. The molecule has 0 aliphatic rings. The zero-order chi connectivity index (χ0) is 22.0. The molecule has 160 valence electrons. The molecule has 4 aromatic rings. The second-order valence-electron chi connectivity index (χ2n) is 7.66. The normalized spacial score (nSPS) is 12.0. The molecule has 0 aliphatic heterocycles. The third-order valence-corrected chi connectivity index (χ3v) is 6.32. The number of imidazole rings is 1. The lowest BCUT2D eigenvalue weighted by Gasteiger charge is -2.15. The van der Waals surface area contributed by atoms with Gasteiger partial charge in [0.15, 0.2) is 0 Å². The number of carbonyl (C=O) groups is 1. The minimum atomic E-state index is -0.0709. The summed E-state index contributed by atoms with van der Waals surface area (Å²) >= 11 is 1.45. The summed E-state index contributed by atoms with van der Waals surface area (Å²) in [7, 11) is 5.58. The molecule has 0 spiro atoms. The Morgan fingerprint density at radius 3 is 2.52 bits per heavy atom. The third-order valence-electron chi connectivity index (χ3n) is 5.21. The van der Waals surface area contributed by atoms with Crippen LogP contribution in [0.3, 0.4) is 0 Å². The molecular formula is C24H26N4O2S. The van der Waals surface area contributed by atoms with Gasteiger partial charge < -0.3 is 15.0 Å². The van der Waals surface area contributed by atoms with Crippen molar-refractivity contribution in [3.05, 3.63) is 71.1 Å². The molecule has 6 nitrogen and oxygen atoms in total. The molecule has 1 atom stereocenters. The van der Waals surface area contributed by atoms with E-state index in [-0.39, 0.29) is 11.8 Å². The highest BCUT2D eigenvalue weighted by Crippen LogP contribution is 2.33. The smallest absolute Gasteiger partial charge is 0.261 e. The molecule has 0 saturated carbocycles. The second kappa shape index (κ2) is 8.81. The van der Waals surface area contributed by atoms with E-state index >= 15 is 0 Å². The van der Waals surface area contributed by atoms with Gasteiger partial charge in [0.1, 0.15) is 16.1 Å². The summed E-state index contributed by atoms with van der Waals surface area (Å²) in [6.45, 7) is 2.70. The van der Waals surface area contributed by atoms with Crippen LogP contribution in [-0.2, 0) is 0 Å². The number of thiophene rings is 1. The number of rotatable bonds is 7. The van der Waals surface area contributed by atoms with E-state index in [0.717, 1.165) is 27.7 Å². The Hall–Kier alpha value is -3.32. The predicted molar refractivity (Wildman–Crippen MR) is 127 cm³/mol. The first-order valence-electron chi connectivity index (χ1n) is 10.1. The van der Waals surface area contributed by atoms with E-state index in [0.29, 0.717) is 11.4 Å². The molecule has 31 heavy (non-hydrogen) atoms. The number of benzene rings is 2. The molecule has 0 radical (unpaired) electrons. The lowest BCUT2D eigenvalue weighted by molar-refractivity contribution is 0.0955. The molecule has 7 heteroatoms. The topological polar surface area (TPSA) is 59.4 Å².